The molecule has 100 valence electrons. The first-order valence-corrected chi connectivity index (χ1v) is 6.78. The number of halogens is 2. The van der Waals surface area contributed by atoms with Crippen LogP contribution in [0.3, 0.4) is 0 Å². The lowest BCUT2D eigenvalue weighted by atomic mass is 10.0. The molecular weight excluding hydrogens is 261 g/mol. The maximum Gasteiger partial charge on any atom is 0.143 e. The Hall–Kier alpha value is -1.54. The number of aryl methyl sites for hydroxylation is 1. The van der Waals surface area contributed by atoms with Gasteiger partial charge in [0.25, 0.3) is 0 Å². The molecule has 0 radical (unpaired) electrons. The quantitative estimate of drug-likeness (QED) is 0.808. The summed E-state index contributed by atoms with van der Waals surface area (Å²) < 4.78 is 13.4. The van der Waals surface area contributed by atoms with Gasteiger partial charge in [0.05, 0.1) is 5.02 Å². The first kappa shape index (κ1) is 13.9. The van der Waals surface area contributed by atoms with E-state index in [4.69, 9.17) is 11.6 Å². The molecule has 0 saturated carbocycles. The minimum absolute atomic E-state index is 0.117. The lowest BCUT2D eigenvalue weighted by Gasteiger charge is -2.16. The molecule has 1 unspecified atom stereocenters. The number of hydrogen-bond acceptors (Lipinski definition) is 1. The van der Waals surface area contributed by atoms with E-state index in [0.717, 1.165) is 12.1 Å². The van der Waals surface area contributed by atoms with Gasteiger partial charge in [-0.1, -0.05) is 42.8 Å². The van der Waals surface area contributed by atoms with Crippen LogP contribution in [0.15, 0.2) is 42.5 Å². The summed E-state index contributed by atoms with van der Waals surface area (Å²) in [7, 11) is 0. The first-order chi connectivity index (χ1) is 9.10. The fourth-order valence-corrected chi connectivity index (χ4v) is 2.08. The van der Waals surface area contributed by atoms with Crippen molar-refractivity contribution >= 4 is 17.3 Å². The van der Waals surface area contributed by atoms with E-state index in [1.807, 2.05) is 6.92 Å². The first-order valence-electron chi connectivity index (χ1n) is 6.40. The minimum Gasteiger partial charge on any atom is -0.378 e. The van der Waals surface area contributed by atoms with E-state index in [9.17, 15) is 4.39 Å². The third-order valence-electron chi connectivity index (χ3n) is 3.19. The van der Waals surface area contributed by atoms with Crippen LogP contribution in [0, 0.1) is 5.82 Å². The van der Waals surface area contributed by atoms with Gasteiger partial charge < -0.3 is 5.32 Å². The van der Waals surface area contributed by atoms with Crippen molar-refractivity contribution in [2.45, 2.75) is 26.3 Å². The summed E-state index contributed by atoms with van der Waals surface area (Å²) in [5.74, 6) is -0.403. The van der Waals surface area contributed by atoms with Gasteiger partial charge in [0, 0.05) is 11.7 Å². The van der Waals surface area contributed by atoms with Crippen molar-refractivity contribution in [2.24, 2.45) is 0 Å². The van der Waals surface area contributed by atoms with E-state index < -0.39 is 5.82 Å². The van der Waals surface area contributed by atoms with Gasteiger partial charge in [-0.05, 0) is 42.7 Å². The topological polar surface area (TPSA) is 12.0 Å². The van der Waals surface area contributed by atoms with E-state index in [1.165, 1.54) is 17.2 Å². The van der Waals surface area contributed by atoms with E-state index in [1.54, 1.807) is 12.1 Å². The number of rotatable bonds is 4. The summed E-state index contributed by atoms with van der Waals surface area (Å²) in [4.78, 5) is 0. The highest BCUT2D eigenvalue weighted by Gasteiger charge is 2.07. The van der Waals surface area contributed by atoms with Crippen molar-refractivity contribution in [2.75, 3.05) is 5.32 Å². The number of nitrogens with one attached hydrogen (secondary N) is 1. The molecule has 0 bridgehead atoms. The molecule has 0 aromatic heterocycles. The molecule has 0 aliphatic heterocycles. The number of anilines is 1. The van der Waals surface area contributed by atoms with Crippen LogP contribution in [0.4, 0.5) is 10.1 Å². The molecule has 1 N–H and O–H groups in total. The summed E-state index contributed by atoms with van der Waals surface area (Å²) in [5, 5.41) is 3.41. The standard InChI is InChI=1S/C16H17ClFN/c1-3-12-4-6-13(7-5-12)11(2)19-14-8-9-15(17)16(18)10-14/h4-11,19H,3H2,1-2H3. The Morgan fingerprint density at radius 2 is 1.84 bits per heavy atom. The Kier molecular flexibility index (Phi) is 4.43. The Balaban J connectivity index is 2.10. The number of hydrogen-bond donors (Lipinski definition) is 1. The third-order valence-corrected chi connectivity index (χ3v) is 3.50. The van der Waals surface area contributed by atoms with E-state index in [2.05, 4.69) is 36.5 Å². The summed E-state index contributed by atoms with van der Waals surface area (Å²) in [6.07, 6.45) is 1.03. The third kappa shape index (κ3) is 3.48. The van der Waals surface area contributed by atoms with Crippen LogP contribution >= 0.6 is 11.6 Å². The molecule has 0 aliphatic rings. The van der Waals surface area contributed by atoms with E-state index >= 15 is 0 Å². The van der Waals surface area contributed by atoms with Gasteiger partial charge in [0.1, 0.15) is 5.82 Å². The van der Waals surface area contributed by atoms with Gasteiger partial charge in [-0.25, -0.2) is 4.39 Å². The van der Waals surface area contributed by atoms with Gasteiger partial charge >= 0.3 is 0 Å². The highest BCUT2D eigenvalue weighted by molar-refractivity contribution is 6.30. The van der Waals surface area contributed by atoms with Crippen molar-refractivity contribution in [3.05, 3.63) is 64.4 Å². The van der Waals surface area contributed by atoms with E-state index in [-0.39, 0.29) is 11.1 Å². The molecule has 0 saturated heterocycles. The van der Waals surface area contributed by atoms with Crippen molar-refractivity contribution in [3.8, 4) is 0 Å². The predicted molar refractivity (Wildman–Crippen MR) is 79.3 cm³/mol. The fourth-order valence-electron chi connectivity index (χ4n) is 1.96. The predicted octanol–water partition coefficient (Wildman–Crippen LogP) is 5.21. The van der Waals surface area contributed by atoms with Gasteiger partial charge in [-0.15, -0.1) is 0 Å². The normalized spacial score (nSPS) is 12.2. The van der Waals surface area contributed by atoms with Gasteiger partial charge in [-0.2, -0.15) is 0 Å². The monoisotopic (exact) mass is 277 g/mol. The Morgan fingerprint density at radius 1 is 1.16 bits per heavy atom. The minimum atomic E-state index is -0.403. The maximum atomic E-state index is 13.4. The second-order valence-corrected chi connectivity index (χ2v) is 5.00. The van der Waals surface area contributed by atoms with Crippen LogP contribution in [0.1, 0.15) is 31.0 Å². The van der Waals surface area contributed by atoms with Gasteiger partial charge in [-0.3, -0.25) is 0 Å². The molecule has 0 aliphatic carbocycles. The average molecular weight is 278 g/mol. The molecule has 19 heavy (non-hydrogen) atoms. The van der Waals surface area contributed by atoms with Crippen molar-refractivity contribution < 1.29 is 4.39 Å². The molecule has 0 heterocycles. The lowest BCUT2D eigenvalue weighted by molar-refractivity contribution is 0.628. The smallest absolute Gasteiger partial charge is 0.143 e. The lowest BCUT2D eigenvalue weighted by Crippen LogP contribution is -2.06. The zero-order chi connectivity index (χ0) is 13.8. The number of benzene rings is 2. The highest BCUT2D eigenvalue weighted by atomic mass is 35.5. The van der Waals surface area contributed by atoms with Crippen LogP contribution in [-0.4, -0.2) is 0 Å². The molecule has 2 aromatic rings. The van der Waals surface area contributed by atoms with Crippen LogP contribution in [0.25, 0.3) is 0 Å². The molecule has 0 spiro atoms. The van der Waals surface area contributed by atoms with Gasteiger partial charge in [0.2, 0.25) is 0 Å². The van der Waals surface area contributed by atoms with Crippen molar-refractivity contribution in [3.63, 3.8) is 0 Å². The van der Waals surface area contributed by atoms with Crippen LogP contribution in [0.2, 0.25) is 5.02 Å². The molecule has 1 atom stereocenters. The Labute approximate surface area is 118 Å². The van der Waals surface area contributed by atoms with E-state index in [0.29, 0.717) is 0 Å². The van der Waals surface area contributed by atoms with Crippen LogP contribution < -0.4 is 5.32 Å². The largest absolute Gasteiger partial charge is 0.378 e. The summed E-state index contributed by atoms with van der Waals surface area (Å²) in [6.45, 7) is 4.18. The van der Waals surface area contributed by atoms with Crippen LogP contribution in [-0.2, 0) is 6.42 Å². The van der Waals surface area contributed by atoms with Crippen molar-refractivity contribution in [1.82, 2.24) is 0 Å². The van der Waals surface area contributed by atoms with Gasteiger partial charge in [0.15, 0.2) is 0 Å². The summed E-state index contributed by atoms with van der Waals surface area (Å²) >= 11 is 5.66. The molecule has 2 rings (SSSR count). The zero-order valence-electron chi connectivity index (χ0n) is 11.1. The molecule has 0 amide bonds. The molecule has 0 fully saturated rings. The molecule has 2 aromatic carbocycles. The second kappa shape index (κ2) is 6.07. The van der Waals surface area contributed by atoms with Crippen LogP contribution in [0.5, 0.6) is 0 Å². The Bertz CT molecular complexity index is 551. The molecule has 1 nitrogen and oxygen atoms in total. The summed E-state index contributed by atoms with van der Waals surface area (Å²) in [6, 6.07) is 13.3. The zero-order valence-corrected chi connectivity index (χ0v) is 11.8. The highest BCUT2D eigenvalue weighted by Crippen LogP contribution is 2.23. The SMILES string of the molecule is CCc1ccc(C(C)Nc2ccc(Cl)c(F)c2)cc1. The Morgan fingerprint density at radius 3 is 2.42 bits per heavy atom. The second-order valence-electron chi connectivity index (χ2n) is 4.59. The maximum absolute atomic E-state index is 13.4. The molecule has 3 heteroatoms. The summed E-state index contributed by atoms with van der Waals surface area (Å²) in [5.41, 5.74) is 3.22. The molecular formula is C16H17ClFN. The van der Waals surface area contributed by atoms with Crippen molar-refractivity contribution in [1.29, 1.82) is 0 Å². The average Bonchev–Trinajstić information content (AvgIpc) is 2.43. The fraction of sp³-hybridized carbons (Fsp3) is 0.250.